The number of ketones is 1. The van der Waals surface area contributed by atoms with Crippen LogP contribution in [-0.4, -0.2) is 12.9 Å². The van der Waals surface area contributed by atoms with Gasteiger partial charge in [0, 0.05) is 18.8 Å². The largest absolute Gasteiger partial charge is 0.497 e. The molecule has 2 heteroatoms. The van der Waals surface area contributed by atoms with Gasteiger partial charge in [0.25, 0.3) is 0 Å². The van der Waals surface area contributed by atoms with Crippen LogP contribution in [0.5, 0.6) is 5.75 Å². The Morgan fingerprint density at radius 1 is 1.04 bits per heavy atom. The molecule has 2 aromatic carbocycles. The van der Waals surface area contributed by atoms with Crippen molar-refractivity contribution in [3.05, 3.63) is 76.4 Å². The highest BCUT2D eigenvalue weighted by Gasteiger charge is 2.33. The van der Waals surface area contributed by atoms with Gasteiger partial charge in [0.15, 0.2) is 5.78 Å². The highest BCUT2D eigenvalue weighted by atomic mass is 16.5. The Balaban J connectivity index is 1.73. The molecule has 2 nitrogen and oxygen atoms in total. The maximum atomic E-state index is 12.6. The summed E-state index contributed by atoms with van der Waals surface area (Å²) in [5, 5.41) is 0. The quantitative estimate of drug-likeness (QED) is 0.825. The van der Waals surface area contributed by atoms with Crippen LogP contribution in [0.2, 0.25) is 0 Å². The topological polar surface area (TPSA) is 26.3 Å². The third kappa shape index (κ3) is 2.66. The molecule has 0 amide bonds. The number of benzene rings is 2. The van der Waals surface area contributed by atoms with Gasteiger partial charge >= 0.3 is 0 Å². The van der Waals surface area contributed by atoms with Crippen LogP contribution in [-0.2, 0) is 17.6 Å². The lowest BCUT2D eigenvalue weighted by Gasteiger charge is -2.34. The van der Waals surface area contributed by atoms with Crippen LogP contribution in [0.4, 0.5) is 0 Å². The van der Waals surface area contributed by atoms with Crippen molar-refractivity contribution in [2.75, 3.05) is 7.11 Å². The molecule has 122 valence electrons. The minimum Gasteiger partial charge on any atom is -0.497 e. The average molecular weight is 318 g/mol. The van der Waals surface area contributed by atoms with Crippen molar-refractivity contribution in [3.8, 4) is 5.75 Å². The summed E-state index contributed by atoms with van der Waals surface area (Å²) >= 11 is 0. The van der Waals surface area contributed by atoms with Crippen molar-refractivity contribution in [2.24, 2.45) is 0 Å². The molecular formula is C22H22O2. The highest BCUT2D eigenvalue weighted by molar-refractivity contribution is 5.98. The molecule has 2 aromatic rings. The van der Waals surface area contributed by atoms with Crippen molar-refractivity contribution >= 4 is 5.78 Å². The smallest absolute Gasteiger partial charge is 0.159 e. The van der Waals surface area contributed by atoms with E-state index in [2.05, 4.69) is 30.3 Å². The number of methoxy groups -OCH3 is 1. The van der Waals surface area contributed by atoms with Crippen LogP contribution in [0, 0.1) is 0 Å². The van der Waals surface area contributed by atoms with Crippen molar-refractivity contribution in [2.45, 2.75) is 38.0 Å². The highest BCUT2D eigenvalue weighted by Crippen LogP contribution is 2.45. The fourth-order valence-corrected chi connectivity index (χ4v) is 4.21. The van der Waals surface area contributed by atoms with E-state index in [0.29, 0.717) is 18.1 Å². The second kappa shape index (κ2) is 6.27. The molecule has 0 spiro atoms. The number of allylic oxidation sites excluding steroid dienone is 2. The molecule has 1 atom stereocenters. The normalized spacial score (nSPS) is 19.7. The molecule has 4 rings (SSSR count). The molecule has 0 fully saturated rings. The second-order valence-corrected chi connectivity index (χ2v) is 6.75. The molecule has 1 unspecified atom stereocenters. The molecule has 0 aromatic heterocycles. The van der Waals surface area contributed by atoms with E-state index >= 15 is 0 Å². The Bertz CT molecular complexity index is 802. The predicted molar refractivity (Wildman–Crippen MR) is 95.5 cm³/mol. The summed E-state index contributed by atoms with van der Waals surface area (Å²) < 4.78 is 5.37. The summed E-state index contributed by atoms with van der Waals surface area (Å²) in [6.07, 6.45) is 4.40. The minimum absolute atomic E-state index is 0.349. The van der Waals surface area contributed by atoms with Gasteiger partial charge < -0.3 is 4.74 Å². The zero-order valence-electron chi connectivity index (χ0n) is 14.0. The molecule has 0 radical (unpaired) electrons. The third-order valence-electron chi connectivity index (χ3n) is 5.42. The third-order valence-corrected chi connectivity index (χ3v) is 5.42. The standard InChI is InChI=1S/C22H22O2/c1-24-17-8-10-18-16(14-17)7-9-20-19(18)11-12-22(23)21(20)13-15-5-3-2-4-6-15/h2-6,8,10,14,19H,7,9,11-13H2,1H3. The molecule has 2 aliphatic carbocycles. The summed E-state index contributed by atoms with van der Waals surface area (Å²) in [6.45, 7) is 0. The summed E-state index contributed by atoms with van der Waals surface area (Å²) in [4.78, 5) is 12.6. The van der Waals surface area contributed by atoms with Crippen LogP contribution in [0.1, 0.15) is 41.9 Å². The van der Waals surface area contributed by atoms with Crippen LogP contribution in [0.25, 0.3) is 0 Å². The Labute approximate surface area is 143 Å². The molecule has 0 saturated carbocycles. The SMILES string of the molecule is COc1ccc2c(c1)CCC1=C(Cc3ccccc3)C(=O)CCC12. The fraction of sp³-hybridized carbons (Fsp3) is 0.318. The second-order valence-electron chi connectivity index (χ2n) is 6.75. The first-order valence-corrected chi connectivity index (χ1v) is 8.72. The molecule has 0 bridgehead atoms. The lowest BCUT2D eigenvalue weighted by molar-refractivity contribution is -0.116. The Kier molecular flexibility index (Phi) is 3.97. The van der Waals surface area contributed by atoms with Crippen LogP contribution < -0.4 is 4.74 Å². The van der Waals surface area contributed by atoms with Crippen LogP contribution in [0.3, 0.4) is 0 Å². The van der Waals surface area contributed by atoms with Crippen LogP contribution >= 0.6 is 0 Å². The lowest BCUT2D eigenvalue weighted by Crippen LogP contribution is -2.24. The number of carbonyl (C=O) groups is 1. The lowest BCUT2D eigenvalue weighted by atomic mass is 9.70. The maximum absolute atomic E-state index is 12.6. The monoisotopic (exact) mass is 318 g/mol. The average Bonchev–Trinajstić information content (AvgIpc) is 2.64. The van der Waals surface area contributed by atoms with Crippen molar-refractivity contribution < 1.29 is 9.53 Å². The zero-order valence-corrected chi connectivity index (χ0v) is 14.0. The first-order valence-electron chi connectivity index (χ1n) is 8.72. The maximum Gasteiger partial charge on any atom is 0.159 e. The van der Waals surface area contributed by atoms with Gasteiger partial charge in [-0.25, -0.2) is 0 Å². The summed E-state index contributed by atoms with van der Waals surface area (Å²) in [5.41, 5.74) is 6.47. The summed E-state index contributed by atoms with van der Waals surface area (Å²) in [7, 11) is 1.72. The van der Waals surface area contributed by atoms with Gasteiger partial charge in [-0.2, -0.15) is 0 Å². The predicted octanol–water partition coefficient (Wildman–Crippen LogP) is 4.63. The number of hydrogen-bond donors (Lipinski definition) is 0. The van der Waals surface area contributed by atoms with Crippen molar-refractivity contribution in [1.29, 1.82) is 0 Å². The van der Waals surface area contributed by atoms with Gasteiger partial charge in [-0.15, -0.1) is 0 Å². The molecule has 2 aliphatic rings. The number of Topliss-reactive ketones (excluding diaryl/α,β-unsaturated/α-hetero) is 1. The zero-order chi connectivity index (χ0) is 16.5. The molecule has 0 heterocycles. The van der Waals surface area contributed by atoms with Gasteiger partial charge in [-0.05, 0) is 53.7 Å². The van der Waals surface area contributed by atoms with Gasteiger partial charge in [0.05, 0.1) is 7.11 Å². The van der Waals surface area contributed by atoms with E-state index in [1.165, 1.54) is 22.3 Å². The molecule has 0 saturated heterocycles. The number of rotatable bonds is 3. The number of aryl methyl sites for hydroxylation is 1. The van der Waals surface area contributed by atoms with E-state index in [0.717, 1.165) is 37.0 Å². The van der Waals surface area contributed by atoms with Gasteiger partial charge in [0.1, 0.15) is 5.75 Å². The number of ether oxygens (including phenoxy) is 1. The molecule has 0 N–H and O–H groups in total. The Hall–Kier alpha value is -2.35. The fourth-order valence-electron chi connectivity index (χ4n) is 4.21. The van der Waals surface area contributed by atoms with Gasteiger partial charge in [-0.1, -0.05) is 42.0 Å². The minimum atomic E-state index is 0.349. The van der Waals surface area contributed by atoms with Gasteiger partial charge in [0.2, 0.25) is 0 Å². The van der Waals surface area contributed by atoms with E-state index in [-0.39, 0.29) is 0 Å². The number of carbonyl (C=O) groups excluding carboxylic acids is 1. The molecule has 0 aliphatic heterocycles. The van der Waals surface area contributed by atoms with Crippen molar-refractivity contribution in [1.82, 2.24) is 0 Å². The van der Waals surface area contributed by atoms with E-state index in [9.17, 15) is 4.79 Å². The molecular weight excluding hydrogens is 296 g/mol. The van der Waals surface area contributed by atoms with E-state index in [4.69, 9.17) is 4.74 Å². The van der Waals surface area contributed by atoms with Crippen LogP contribution in [0.15, 0.2) is 59.7 Å². The Morgan fingerprint density at radius 2 is 1.88 bits per heavy atom. The first-order chi connectivity index (χ1) is 11.8. The summed E-state index contributed by atoms with van der Waals surface area (Å²) in [6, 6.07) is 16.8. The molecule has 24 heavy (non-hydrogen) atoms. The summed E-state index contributed by atoms with van der Waals surface area (Å²) in [5.74, 6) is 1.69. The van der Waals surface area contributed by atoms with E-state index < -0.39 is 0 Å². The van der Waals surface area contributed by atoms with E-state index in [1.807, 2.05) is 18.2 Å². The van der Waals surface area contributed by atoms with E-state index in [1.54, 1.807) is 7.11 Å². The number of fused-ring (bicyclic) bond motifs is 3. The van der Waals surface area contributed by atoms with Crippen molar-refractivity contribution in [3.63, 3.8) is 0 Å². The Morgan fingerprint density at radius 3 is 2.67 bits per heavy atom. The number of hydrogen-bond acceptors (Lipinski definition) is 2. The van der Waals surface area contributed by atoms with Gasteiger partial charge in [-0.3, -0.25) is 4.79 Å². The first kappa shape index (κ1) is 15.2.